The zero-order valence-electron chi connectivity index (χ0n) is 9.90. The van der Waals surface area contributed by atoms with Crippen LogP contribution in [-0.2, 0) is 14.8 Å². The van der Waals surface area contributed by atoms with Crippen LogP contribution in [0.15, 0.2) is 29.2 Å². The van der Waals surface area contributed by atoms with Crippen molar-refractivity contribution in [1.29, 1.82) is 0 Å². The fraction of sp³-hybridized carbons (Fsp3) is 0.400. The van der Waals surface area contributed by atoms with E-state index in [1.807, 2.05) is 0 Å². The molecule has 19 heavy (non-hydrogen) atoms. The molecule has 1 aromatic carbocycles. The number of ether oxygens (including phenoxy) is 2. The average molecular weight is 299 g/mol. The molecule has 0 saturated carbocycles. The van der Waals surface area contributed by atoms with Crippen molar-refractivity contribution < 1.29 is 31.1 Å². The molecule has 0 unspecified atom stereocenters. The second kappa shape index (κ2) is 6.22. The molecule has 0 radical (unpaired) electrons. The van der Waals surface area contributed by atoms with Crippen LogP contribution >= 0.6 is 0 Å². The number of nitrogens with one attached hydrogen (secondary N) is 1. The number of sulfonamides is 1. The molecule has 1 aromatic rings. The number of hydrogen-bond donors (Lipinski definition) is 1. The van der Waals surface area contributed by atoms with Crippen LogP contribution in [0.5, 0.6) is 5.75 Å². The van der Waals surface area contributed by atoms with Crippen molar-refractivity contribution >= 4 is 10.0 Å². The molecule has 0 heterocycles. The van der Waals surface area contributed by atoms with Crippen molar-refractivity contribution in [2.24, 2.45) is 0 Å². The van der Waals surface area contributed by atoms with Gasteiger partial charge >= 0.3 is 6.36 Å². The first kappa shape index (κ1) is 15.7. The summed E-state index contributed by atoms with van der Waals surface area (Å²) in [5.41, 5.74) is 0. The molecule has 0 saturated heterocycles. The standard InChI is InChI=1S/C10H12F3NO4S/c1-17-6-5-14-19(15,16)9-4-2-3-8(7-9)18-10(11,12)13/h2-4,7,14H,5-6H2,1H3. The monoisotopic (exact) mass is 299 g/mol. The fourth-order valence-electron chi connectivity index (χ4n) is 1.20. The first-order chi connectivity index (χ1) is 8.74. The highest BCUT2D eigenvalue weighted by atomic mass is 32.2. The molecule has 1 N–H and O–H groups in total. The van der Waals surface area contributed by atoms with E-state index in [0.717, 1.165) is 18.2 Å². The third-order valence-corrected chi connectivity index (χ3v) is 3.41. The van der Waals surface area contributed by atoms with Crippen LogP contribution in [0.25, 0.3) is 0 Å². The summed E-state index contributed by atoms with van der Waals surface area (Å²) in [6, 6.07) is 4.13. The smallest absolute Gasteiger partial charge is 0.406 e. The van der Waals surface area contributed by atoms with Crippen LogP contribution in [0.2, 0.25) is 0 Å². The van der Waals surface area contributed by atoms with Gasteiger partial charge in [-0.3, -0.25) is 0 Å². The van der Waals surface area contributed by atoms with Crippen LogP contribution < -0.4 is 9.46 Å². The van der Waals surface area contributed by atoms with Crippen LogP contribution in [0.4, 0.5) is 13.2 Å². The fourth-order valence-corrected chi connectivity index (χ4v) is 2.25. The van der Waals surface area contributed by atoms with Crippen molar-refractivity contribution in [1.82, 2.24) is 4.72 Å². The third kappa shape index (κ3) is 5.45. The van der Waals surface area contributed by atoms with Crippen molar-refractivity contribution in [3.63, 3.8) is 0 Å². The predicted octanol–water partition coefficient (Wildman–Crippen LogP) is 1.51. The summed E-state index contributed by atoms with van der Waals surface area (Å²) in [6.07, 6.45) is -4.87. The van der Waals surface area contributed by atoms with Gasteiger partial charge in [-0.2, -0.15) is 0 Å². The first-order valence-electron chi connectivity index (χ1n) is 5.09. The molecule has 0 aliphatic rings. The van der Waals surface area contributed by atoms with Gasteiger partial charge in [-0.05, 0) is 12.1 Å². The molecule has 0 aliphatic heterocycles. The predicted molar refractivity (Wildman–Crippen MR) is 60.2 cm³/mol. The van der Waals surface area contributed by atoms with E-state index in [2.05, 4.69) is 14.2 Å². The molecular formula is C10H12F3NO4S. The zero-order valence-corrected chi connectivity index (χ0v) is 10.7. The quantitative estimate of drug-likeness (QED) is 0.809. The summed E-state index contributed by atoms with van der Waals surface area (Å²) in [7, 11) is -2.49. The van der Waals surface area contributed by atoms with Gasteiger partial charge in [-0.15, -0.1) is 13.2 Å². The van der Waals surface area contributed by atoms with E-state index in [1.165, 1.54) is 13.2 Å². The van der Waals surface area contributed by atoms with Gasteiger partial charge < -0.3 is 9.47 Å². The second-order valence-electron chi connectivity index (χ2n) is 3.41. The first-order valence-corrected chi connectivity index (χ1v) is 6.57. The van der Waals surface area contributed by atoms with E-state index in [-0.39, 0.29) is 18.0 Å². The number of halogens is 3. The number of methoxy groups -OCH3 is 1. The van der Waals surface area contributed by atoms with Gasteiger partial charge in [-0.1, -0.05) is 6.07 Å². The summed E-state index contributed by atoms with van der Waals surface area (Å²) in [4.78, 5) is -0.314. The lowest BCUT2D eigenvalue weighted by Crippen LogP contribution is -2.27. The van der Waals surface area contributed by atoms with E-state index in [0.29, 0.717) is 0 Å². The Morgan fingerprint density at radius 1 is 1.32 bits per heavy atom. The van der Waals surface area contributed by atoms with E-state index in [9.17, 15) is 21.6 Å². The molecule has 0 amide bonds. The van der Waals surface area contributed by atoms with Gasteiger partial charge in [0.2, 0.25) is 10.0 Å². The molecule has 0 atom stereocenters. The Morgan fingerprint density at radius 2 is 2.00 bits per heavy atom. The highest BCUT2D eigenvalue weighted by Crippen LogP contribution is 2.24. The van der Waals surface area contributed by atoms with Gasteiger partial charge in [0.1, 0.15) is 5.75 Å². The lowest BCUT2D eigenvalue weighted by Gasteiger charge is -2.10. The lowest BCUT2D eigenvalue weighted by atomic mass is 10.3. The van der Waals surface area contributed by atoms with Gasteiger partial charge in [0.15, 0.2) is 0 Å². The summed E-state index contributed by atoms with van der Waals surface area (Å²) in [6.45, 7) is 0.168. The molecule has 0 aromatic heterocycles. The van der Waals surface area contributed by atoms with Crippen molar-refractivity contribution in [2.45, 2.75) is 11.3 Å². The Balaban J connectivity index is 2.86. The number of rotatable bonds is 6. The largest absolute Gasteiger partial charge is 0.573 e. The molecule has 0 spiro atoms. The molecule has 1 rings (SSSR count). The molecule has 0 fully saturated rings. The minimum atomic E-state index is -4.87. The summed E-state index contributed by atoms with van der Waals surface area (Å²) >= 11 is 0. The molecule has 9 heteroatoms. The van der Waals surface area contributed by atoms with Crippen LogP contribution in [0.3, 0.4) is 0 Å². The Morgan fingerprint density at radius 3 is 2.58 bits per heavy atom. The molecule has 5 nitrogen and oxygen atoms in total. The van der Waals surface area contributed by atoms with Crippen LogP contribution in [0, 0.1) is 0 Å². The Bertz CT molecular complexity index is 516. The summed E-state index contributed by atoms with van der Waals surface area (Å²) < 4.78 is 70.0. The normalized spacial score (nSPS) is 12.4. The van der Waals surface area contributed by atoms with E-state index < -0.39 is 22.1 Å². The Hall–Kier alpha value is -1.32. The molecule has 108 valence electrons. The van der Waals surface area contributed by atoms with Crippen molar-refractivity contribution in [2.75, 3.05) is 20.3 Å². The Labute approximate surface area is 108 Å². The maximum atomic E-state index is 12.0. The van der Waals surface area contributed by atoms with E-state index in [4.69, 9.17) is 0 Å². The summed E-state index contributed by atoms with van der Waals surface area (Å²) in [5, 5.41) is 0. The van der Waals surface area contributed by atoms with Crippen LogP contribution in [-0.4, -0.2) is 35.0 Å². The van der Waals surface area contributed by atoms with E-state index >= 15 is 0 Å². The number of benzene rings is 1. The minimum Gasteiger partial charge on any atom is -0.406 e. The van der Waals surface area contributed by atoms with Crippen molar-refractivity contribution in [3.8, 4) is 5.75 Å². The van der Waals surface area contributed by atoms with Gasteiger partial charge in [0, 0.05) is 19.7 Å². The summed E-state index contributed by atoms with van der Waals surface area (Å²) in [5.74, 6) is -0.595. The SMILES string of the molecule is COCCNS(=O)(=O)c1cccc(OC(F)(F)F)c1. The maximum absolute atomic E-state index is 12.0. The number of hydrogen-bond acceptors (Lipinski definition) is 4. The zero-order chi connectivity index (χ0) is 14.5. The minimum absolute atomic E-state index is 0.0171. The van der Waals surface area contributed by atoms with Crippen LogP contribution in [0.1, 0.15) is 0 Å². The molecular weight excluding hydrogens is 287 g/mol. The second-order valence-corrected chi connectivity index (χ2v) is 5.18. The van der Waals surface area contributed by atoms with Gasteiger partial charge in [-0.25, -0.2) is 13.1 Å². The molecule has 0 aliphatic carbocycles. The Kier molecular flexibility index (Phi) is 5.15. The number of alkyl halides is 3. The third-order valence-electron chi connectivity index (χ3n) is 1.95. The average Bonchev–Trinajstić information content (AvgIpc) is 2.27. The highest BCUT2D eigenvalue weighted by molar-refractivity contribution is 7.89. The topological polar surface area (TPSA) is 64.6 Å². The lowest BCUT2D eigenvalue weighted by molar-refractivity contribution is -0.274. The molecule has 0 bridgehead atoms. The van der Waals surface area contributed by atoms with Gasteiger partial charge in [0.05, 0.1) is 11.5 Å². The van der Waals surface area contributed by atoms with Gasteiger partial charge in [0.25, 0.3) is 0 Å². The highest BCUT2D eigenvalue weighted by Gasteiger charge is 2.31. The van der Waals surface area contributed by atoms with E-state index in [1.54, 1.807) is 0 Å². The van der Waals surface area contributed by atoms with Crippen molar-refractivity contribution in [3.05, 3.63) is 24.3 Å². The maximum Gasteiger partial charge on any atom is 0.573 e.